The van der Waals surface area contributed by atoms with Crippen LogP contribution in [0.5, 0.6) is 0 Å². The molecule has 0 aromatic heterocycles. The molecule has 0 saturated carbocycles. The van der Waals surface area contributed by atoms with Crippen LogP contribution in [0.4, 0.5) is 0 Å². The van der Waals surface area contributed by atoms with Gasteiger partial charge in [-0.2, -0.15) is 11.8 Å². The first-order valence-corrected chi connectivity index (χ1v) is 8.03. The van der Waals surface area contributed by atoms with Crippen LogP contribution in [0.25, 0.3) is 0 Å². The molecular formula is C14H22ClNS. The van der Waals surface area contributed by atoms with Gasteiger partial charge in [0.05, 0.1) is 0 Å². The summed E-state index contributed by atoms with van der Waals surface area (Å²) in [5.41, 5.74) is 1.35. The molecule has 1 N–H and O–H groups in total. The van der Waals surface area contributed by atoms with E-state index >= 15 is 0 Å². The Hall–Kier alpha value is -0.180. The summed E-state index contributed by atoms with van der Waals surface area (Å²) >= 11 is 7.82. The predicted molar refractivity (Wildman–Crippen MR) is 80.1 cm³/mol. The first-order chi connectivity index (χ1) is 8.27. The van der Waals surface area contributed by atoms with Gasteiger partial charge in [-0.15, -0.1) is 0 Å². The predicted octanol–water partition coefficient (Wildman–Crippen LogP) is 4.52. The summed E-state index contributed by atoms with van der Waals surface area (Å²) in [6.07, 6.45) is 5.77. The Kier molecular flexibility index (Phi) is 7.74. The summed E-state index contributed by atoms with van der Waals surface area (Å²) in [4.78, 5) is 0. The summed E-state index contributed by atoms with van der Waals surface area (Å²) in [7, 11) is 0. The van der Waals surface area contributed by atoms with Crippen molar-refractivity contribution in [2.45, 2.75) is 32.2 Å². The number of hydrogen-bond acceptors (Lipinski definition) is 2. The molecule has 0 amide bonds. The molecule has 0 radical (unpaired) electrons. The van der Waals surface area contributed by atoms with Crippen LogP contribution in [0.1, 0.15) is 37.8 Å². The smallest absolute Gasteiger partial charge is 0.0406 e. The molecule has 0 saturated heterocycles. The van der Waals surface area contributed by atoms with Crippen LogP contribution < -0.4 is 5.32 Å². The zero-order valence-corrected chi connectivity index (χ0v) is 12.3. The molecule has 17 heavy (non-hydrogen) atoms. The standard InChI is InChI=1S/C14H22ClNS/c1-3-5-14(16-10-4-11-17-2)12-6-8-13(15)9-7-12/h6-9,14,16H,3-5,10-11H2,1-2H3. The topological polar surface area (TPSA) is 12.0 Å². The molecule has 1 atom stereocenters. The first kappa shape index (κ1) is 14.9. The van der Waals surface area contributed by atoms with E-state index in [2.05, 4.69) is 30.6 Å². The van der Waals surface area contributed by atoms with E-state index in [1.54, 1.807) is 0 Å². The summed E-state index contributed by atoms with van der Waals surface area (Å²) in [6, 6.07) is 8.68. The summed E-state index contributed by atoms with van der Waals surface area (Å²) < 4.78 is 0. The van der Waals surface area contributed by atoms with E-state index in [1.165, 1.54) is 30.6 Å². The summed E-state index contributed by atoms with van der Waals surface area (Å²) in [5, 5.41) is 4.45. The van der Waals surface area contributed by atoms with Crippen molar-refractivity contribution in [1.82, 2.24) is 5.32 Å². The van der Waals surface area contributed by atoms with Crippen LogP contribution >= 0.6 is 23.4 Å². The van der Waals surface area contributed by atoms with Crippen molar-refractivity contribution >= 4 is 23.4 Å². The molecular weight excluding hydrogens is 250 g/mol. The van der Waals surface area contributed by atoms with E-state index in [1.807, 2.05) is 23.9 Å². The highest BCUT2D eigenvalue weighted by molar-refractivity contribution is 7.98. The zero-order valence-electron chi connectivity index (χ0n) is 10.7. The second-order valence-corrected chi connectivity index (χ2v) is 5.62. The normalized spacial score (nSPS) is 12.6. The van der Waals surface area contributed by atoms with E-state index in [9.17, 15) is 0 Å². The number of halogens is 1. The van der Waals surface area contributed by atoms with E-state index in [4.69, 9.17) is 11.6 Å². The summed E-state index contributed by atoms with van der Waals surface area (Å²) in [5.74, 6) is 1.23. The molecule has 0 aliphatic heterocycles. The van der Waals surface area contributed by atoms with Gasteiger partial charge < -0.3 is 5.32 Å². The highest BCUT2D eigenvalue weighted by atomic mass is 35.5. The highest BCUT2D eigenvalue weighted by Gasteiger charge is 2.09. The van der Waals surface area contributed by atoms with Crippen molar-refractivity contribution in [1.29, 1.82) is 0 Å². The maximum absolute atomic E-state index is 5.92. The Morgan fingerprint density at radius 3 is 2.59 bits per heavy atom. The van der Waals surface area contributed by atoms with E-state index in [0.717, 1.165) is 11.6 Å². The van der Waals surface area contributed by atoms with Gasteiger partial charge in [0.2, 0.25) is 0 Å². The van der Waals surface area contributed by atoms with Gasteiger partial charge in [-0.05, 0) is 49.1 Å². The molecule has 1 aromatic rings. The van der Waals surface area contributed by atoms with Gasteiger partial charge in [0.1, 0.15) is 0 Å². The fourth-order valence-corrected chi connectivity index (χ4v) is 2.42. The molecule has 0 aliphatic carbocycles. The first-order valence-electron chi connectivity index (χ1n) is 6.25. The quantitative estimate of drug-likeness (QED) is 0.698. The number of benzene rings is 1. The van der Waals surface area contributed by atoms with Crippen LogP contribution in [0.15, 0.2) is 24.3 Å². The number of hydrogen-bond donors (Lipinski definition) is 1. The van der Waals surface area contributed by atoms with E-state index in [-0.39, 0.29) is 0 Å². The Morgan fingerprint density at radius 1 is 1.29 bits per heavy atom. The fourth-order valence-electron chi connectivity index (χ4n) is 1.86. The Balaban J connectivity index is 2.49. The van der Waals surface area contributed by atoms with Crippen molar-refractivity contribution in [3.63, 3.8) is 0 Å². The molecule has 1 unspecified atom stereocenters. The molecule has 1 nitrogen and oxygen atoms in total. The van der Waals surface area contributed by atoms with Crippen molar-refractivity contribution in [3.8, 4) is 0 Å². The van der Waals surface area contributed by atoms with Gasteiger partial charge in [-0.1, -0.05) is 37.1 Å². The van der Waals surface area contributed by atoms with Crippen LogP contribution in [-0.2, 0) is 0 Å². The monoisotopic (exact) mass is 271 g/mol. The third kappa shape index (κ3) is 5.80. The average Bonchev–Trinajstić information content (AvgIpc) is 2.34. The van der Waals surface area contributed by atoms with E-state index in [0.29, 0.717) is 6.04 Å². The maximum Gasteiger partial charge on any atom is 0.0406 e. The lowest BCUT2D eigenvalue weighted by atomic mass is 10.0. The minimum absolute atomic E-state index is 0.471. The van der Waals surface area contributed by atoms with Gasteiger partial charge in [0.25, 0.3) is 0 Å². The second-order valence-electron chi connectivity index (χ2n) is 4.19. The van der Waals surface area contributed by atoms with Gasteiger partial charge in [0.15, 0.2) is 0 Å². The fraction of sp³-hybridized carbons (Fsp3) is 0.571. The summed E-state index contributed by atoms with van der Waals surface area (Å²) in [6.45, 7) is 3.32. The van der Waals surface area contributed by atoms with Gasteiger partial charge >= 0.3 is 0 Å². The Morgan fingerprint density at radius 2 is 2.00 bits per heavy atom. The van der Waals surface area contributed by atoms with Crippen LogP contribution in [0.2, 0.25) is 5.02 Å². The lowest BCUT2D eigenvalue weighted by Crippen LogP contribution is -2.22. The Labute approximate surface area is 114 Å². The number of rotatable bonds is 8. The second kappa shape index (κ2) is 8.84. The molecule has 0 bridgehead atoms. The largest absolute Gasteiger partial charge is 0.310 e. The lowest BCUT2D eigenvalue weighted by Gasteiger charge is -2.18. The minimum Gasteiger partial charge on any atom is -0.310 e. The van der Waals surface area contributed by atoms with Gasteiger partial charge in [-0.25, -0.2) is 0 Å². The van der Waals surface area contributed by atoms with Gasteiger partial charge in [-0.3, -0.25) is 0 Å². The van der Waals surface area contributed by atoms with Crippen molar-refractivity contribution < 1.29 is 0 Å². The Bertz CT molecular complexity index is 300. The van der Waals surface area contributed by atoms with Crippen molar-refractivity contribution in [2.75, 3.05) is 18.6 Å². The van der Waals surface area contributed by atoms with E-state index < -0.39 is 0 Å². The van der Waals surface area contributed by atoms with Crippen LogP contribution in [0, 0.1) is 0 Å². The molecule has 96 valence electrons. The maximum atomic E-state index is 5.92. The van der Waals surface area contributed by atoms with Crippen LogP contribution in [-0.4, -0.2) is 18.6 Å². The average molecular weight is 272 g/mol. The zero-order chi connectivity index (χ0) is 12.5. The molecule has 0 heterocycles. The highest BCUT2D eigenvalue weighted by Crippen LogP contribution is 2.20. The lowest BCUT2D eigenvalue weighted by molar-refractivity contribution is 0.495. The van der Waals surface area contributed by atoms with Crippen LogP contribution in [0.3, 0.4) is 0 Å². The SMILES string of the molecule is CCCC(NCCCSC)c1ccc(Cl)cc1. The molecule has 1 rings (SSSR count). The molecule has 1 aromatic carbocycles. The van der Waals surface area contributed by atoms with Crippen molar-refractivity contribution in [3.05, 3.63) is 34.9 Å². The van der Waals surface area contributed by atoms with Gasteiger partial charge in [0, 0.05) is 11.1 Å². The number of nitrogens with one attached hydrogen (secondary N) is 1. The number of thioether (sulfide) groups is 1. The molecule has 0 fully saturated rings. The van der Waals surface area contributed by atoms with Crippen molar-refractivity contribution in [2.24, 2.45) is 0 Å². The third-order valence-corrected chi connectivity index (χ3v) is 3.71. The molecule has 0 spiro atoms. The third-order valence-electron chi connectivity index (χ3n) is 2.77. The minimum atomic E-state index is 0.471. The molecule has 3 heteroatoms. The molecule has 0 aliphatic rings.